The molecule has 0 unspecified atom stereocenters. The Bertz CT molecular complexity index is 673. The molecule has 1 aliphatic heterocycles. The van der Waals surface area contributed by atoms with E-state index in [9.17, 15) is 4.79 Å². The molecule has 1 saturated heterocycles. The van der Waals surface area contributed by atoms with Gasteiger partial charge in [0, 0.05) is 31.6 Å². The number of thiazole rings is 1. The van der Waals surface area contributed by atoms with Crippen molar-refractivity contribution in [2.75, 3.05) is 24.5 Å². The Labute approximate surface area is 140 Å². The average molecular weight is 333 g/mol. The highest BCUT2D eigenvalue weighted by atomic mass is 32.1. The quantitative estimate of drug-likeness (QED) is 0.931. The van der Waals surface area contributed by atoms with E-state index >= 15 is 0 Å². The van der Waals surface area contributed by atoms with Crippen LogP contribution in [0.25, 0.3) is 0 Å². The molecule has 3 heterocycles. The van der Waals surface area contributed by atoms with Crippen LogP contribution in [0.1, 0.15) is 33.9 Å². The SMILES string of the molecule is Cc1nc(N2CCC[C@H](CNC(=O)c3cncn3C)C2)sc1C. The molecule has 23 heavy (non-hydrogen) atoms. The van der Waals surface area contributed by atoms with Crippen molar-refractivity contribution in [3.63, 3.8) is 0 Å². The zero-order valence-electron chi connectivity index (χ0n) is 13.9. The summed E-state index contributed by atoms with van der Waals surface area (Å²) in [6.45, 7) is 6.89. The predicted molar refractivity (Wildman–Crippen MR) is 92.1 cm³/mol. The number of rotatable bonds is 4. The van der Waals surface area contributed by atoms with Crippen molar-refractivity contribution >= 4 is 22.4 Å². The summed E-state index contributed by atoms with van der Waals surface area (Å²) in [7, 11) is 1.83. The van der Waals surface area contributed by atoms with E-state index in [1.807, 2.05) is 7.05 Å². The second kappa shape index (κ2) is 6.70. The van der Waals surface area contributed by atoms with Crippen molar-refractivity contribution in [3.05, 3.63) is 28.8 Å². The lowest BCUT2D eigenvalue weighted by Gasteiger charge is -2.32. The summed E-state index contributed by atoms with van der Waals surface area (Å²) >= 11 is 1.76. The molecule has 7 heteroatoms. The number of anilines is 1. The predicted octanol–water partition coefficient (Wildman–Crippen LogP) is 2.14. The summed E-state index contributed by atoms with van der Waals surface area (Å²) in [6, 6.07) is 0. The first-order valence-corrected chi connectivity index (χ1v) is 8.79. The second-order valence-corrected chi connectivity index (χ2v) is 7.37. The molecule has 1 atom stereocenters. The highest BCUT2D eigenvalue weighted by Crippen LogP contribution is 2.28. The molecule has 0 aromatic carbocycles. The van der Waals surface area contributed by atoms with E-state index in [4.69, 9.17) is 0 Å². The van der Waals surface area contributed by atoms with E-state index in [0.29, 0.717) is 18.2 Å². The molecule has 0 aliphatic carbocycles. The summed E-state index contributed by atoms with van der Waals surface area (Å²) < 4.78 is 1.74. The van der Waals surface area contributed by atoms with E-state index in [1.54, 1.807) is 28.4 Å². The molecule has 1 aliphatic rings. The Morgan fingerprint density at radius 1 is 1.48 bits per heavy atom. The number of nitrogens with zero attached hydrogens (tertiary/aromatic N) is 4. The van der Waals surface area contributed by atoms with Crippen LogP contribution >= 0.6 is 11.3 Å². The largest absolute Gasteiger partial charge is 0.350 e. The molecule has 6 nitrogen and oxygen atoms in total. The molecule has 1 amide bonds. The molecular formula is C16H23N5OS. The van der Waals surface area contributed by atoms with E-state index in [1.165, 1.54) is 4.88 Å². The number of carbonyl (C=O) groups is 1. The van der Waals surface area contributed by atoms with Gasteiger partial charge in [-0.2, -0.15) is 0 Å². The third kappa shape index (κ3) is 3.55. The van der Waals surface area contributed by atoms with Crippen LogP contribution in [0.5, 0.6) is 0 Å². The fourth-order valence-corrected chi connectivity index (χ4v) is 3.84. The van der Waals surface area contributed by atoms with Crippen molar-refractivity contribution in [3.8, 4) is 0 Å². The molecule has 124 valence electrons. The Balaban J connectivity index is 1.56. The lowest BCUT2D eigenvalue weighted by molar-refractivity contribution is 0.0937. The number of imidazole rings is 1. The van der Waals surface area contributed by atoms with Gasteiger partial charge in [-0.1, -0.05) is 0 Å². The third-order valence-electron chi connectivity index (χ3n) is 4.41. The maximum absolute atomic E-state index is 12.2. The first kappa shape index (κ1) is 16.0. The van der Waals surface area contributed by atoms with Crippen LogP contribution in [0.4, 0.5) is 5.13 Å². The Kier molecular flexibility index (Phi) is 4.66. The maximum atomic E-state index is 12.2. The standard InChI is InChI=1S/C16H23N5OS/c1-11-12(2)23-16(19-11)21-6-4-5-13(9-21)7-18-15(22)14-8-17-10-20(14)3/h8,10,13H,4-7,9H2,1-3H3,(H,18,22)/t13-/m1/s1. The van der Waals surface area contributed by atoms with E-state index < -0.39 is 0 Å². The minimum absolute atomic E-state index is 0.0527. The zero-order chi connectivity index (χ0) is 16.4. The summed E-state index contributed by atoms with van der Waals surface area (Å²) in [4.78, 5) is 24.5. The van der Waals surface area contributed by atoms with Gasteiger partial charge in [-0.25, -0.2) is 9.97 Å². The maximum Gasteiger partial charge on any atom is 0.269 e. The van der Waals surface area contributed by atoms with Crippen LogP contribution in [-0.2, 0) is 7.05 Å². The minimum Gasteiger partial charge on any atom is -0.350 e. The normalized spacial score (nSPS) is 18.2. The summed E-state index contributed by atoms with van der Waals surface area (Å²) in [6.07, 6.45) is 5.53. The fourth-order valence-electron chi connectivity index (χ4n) is 2.90. The van der Waals surface area contributed by atoms with Crippen LogP contribution in [-0.4, -0.2) is 40.1 Å². The fraction of sp³-hybridized carbons (Fsp3) is 0.562. The minimum atomic E-state index is -0.0527. The van der Waals surface area contributed by atoms with Gasteiger partial charge in [0.05, 0.1) is 18.2 Å². The number of hydrogen-bond donors (Lipinski definition) is 1. The smallest absolute Gasteiger partial charge is 0.269 e. The van der Waals surface area contributed by atoms with E-state index in [2.05, 4.69) is 34.0 Å². The van der Waals surface area contributed by atoms with Crippen molar-refractivity contribution in [2.45, 2.75) is 26.7 Å². The van der Waals surface area contributed by atoms with Gasteiger partial charge in [0.2, 0.25) is 0 Å². The first-order chi connectivity index (χ1) is 11.0. The van der Waals surface area contributed by atoms with Gasteiger partial charge in [-0.3, -0.25) is 4.79 Å². The summed E-state index contributed by atoms with van der Waals surface area (Å²) in [5.41, 5.74) is 1.72. The van der Waals surface area contributed by atoms with Gasteiger partial charge in [0.1, 0.15) is 5.69 Å². The number of amides is 1. The molecule has 0 spiro atoms. The van der Waals surface area contributed by atoms with Crippen LogP contribution in [0.15, 0.2) is 12.5 Å². The van der Waals surface area contributed by atoms with Gasteiger partial charge in [0.15, 0.2) is 5.13 Å². The summed E-state index contributed by atoms with van der Waals surface area (Å²) in [5, 5.41) is 4.15. The molecule has 1 fully saturated rings. The average Bonchev–Trinajstić information content (AvgIpc) is 3.11. The summed E-state index contributed by atoms with van der Waals surface area (Å²) in [5.74, 6) is 0.411. The molecular weight excluding hydrogens is 310 g/mol. The Morgan fingerprint density at radius 3 is 2.96 bits per heavy atom. The topological polar surface area (TPSA) is 63.1 Å². The van der Waals surface area contributed by atoms with Gasteiger partial charge in [-0.05, 0) is 32.6 Å². The molecule has 3 rings (SSSR count). The van der Waals surface area contributed by atoms with Crippen LogP contribution in [0.2, 0.25) is 0 Å². The molecule has 2 aromatic rings. The van der Waals surface area contributed by atoms with Crippen molar-refractivity contribution in [2.24, 2.45) is 13.0 Å². The lowest BCUT2D eigenvalue weighted by atomic mass is 9.98. The Hall–Kier alpha value is -1.89. The lowest BCUT2D eigenvalue weighted by Crippen LogP contribution is -2.41. The van der Waals surface area contributed by atoms with Crippen LogP contribution in [0, 0.1) is 19.8 Å². The highest BCUT2D eigenvalue weighted by Gasteiger charge is 2.23. The van der Waals surface area contributed by atoms with Gasteiger partial charge < -0.3 is 14.8 Å². The molecule has 0 radical (unpaired) electrons. The highest BCUT2D eigenvalue weighted by molar-refractivity contribution is 7.15. The number of piperidine rings is 1. The zero-order valence-corrected chi connectivity index (χ0v) is 14.7. The number of aryl methyl sites for hydroxylation is 3. The number of nitrogens with one attached hydrogen (secondary N) is 1. The van der Waals surface area contributed by atoms with Gasteiger partial charge in [0.25, 0.3) is 5.91 Å². The first-order valence-electron chi connectivity index (χ1n) is 7.98. The molecule has 2 aromatic heterocycles. The van der Waals surface area contributed by atoms with Crippen molar-refractivity contribution < 1.29 is 4.79 Å². The number of carbonyl (C=O) groups excluding carboxylic acids is 1. The van der Waals surface area contributed by atoms with Gasteiger partial charge in [-0.15, -0.1) is 11.3 Å². The van der Waals surface area contributed by atoms with Crippen LogP contribution in [0.3, 0.4) is 0 Å². The number of aromatic nitrogens is 3. The van der Waals surface area contributed by atoms with Crippen LogP contribution < -0.4 is 10.2 Å². The van der Waals surface area contributed by atoms with Crippen molar-refractivity contribution in [1.29, 1.82) is 0 Å². The number of hydrogen-bond acceptors (Lipinski definition) is 5. The monoisotopic (exact) mass is 333 g/mol. The molecule has 0 saturated carbocycles. The van der Waals surface area contributed by atoms with E-state index in [-0.39, 0.29) is 5.91 Å². The second-order valence-electron chi connectivity index (χ2n) is 6.19. The Morgan fingerprint density at radius 2 is 2.30 bits per heavy atom. The van der Waals surface area contributed by atoms with Crippen molar-refractivity contribution in [1.82, 2.24) is 19.9 Å². The molecule has 0 bridgehead atoms. The van der Waals surface area contributed by atoms with E-state index in [0.717, 1.165) is 36.8 Å². The third-order valence-corrected chi connectivity index (χ3v) is 5.54. The van der Waals surface area contributed by atoms with Gasteiger partial charge >= 0.3 is 0 Å². The molecule has 1 N–H and O–H groups in total.